The van der Waals surface area contributed by atoms with Crippen molar-refractivity contribution in [2.45, 2.75) is 26.3 Å². The largest absolute Gasteiger partial charge is 0.378 e. The molecule has 1 aromatic heterocycles. The molecule has 1 aliphatic rings. The summed E-state index contributed by atoms with van der Waals surface area (Å²) >= 11 is 1.60. The zero-order valence-electron chi connectivity index (χ0n) is 17.8. The second kappa shape index (κ2) is 10.9. The Hall–Kier alpha value is -2.96. The van der Waals surface area contributed by atoms with E-state index in [1.807, 2.05) is 37.4 Å². The predicted octanol–water partition coefficient (Wildman–Crippen LogP) is 2.43. The van der Waals surface area contributed by atoms with Crippen molar-refractivity contribution in [3.05, 3.63) is 35.2 Å². The Labute approximate surface area is 186 Å². The van der Waals surface area contributed by atoms with Crippen LogP contribution in [-0.4, -0.2) is 55.7 Å². The third kappa shape index (κ3) is 6.26. The number of nitriles is 1. The molecule has 2 N–H and O–H groups in total. The van der Waals surface area contributed by atoms with Crippen molar-refractivity contribution >= 4 is 28.3 Å². The van der Waals surface area contributed by atoms with Gasteiger partial charge in [-0.2, -0.15) is 5.26 Å². The van der Waals surface area contributed by atoms with Gasteiger partial charge in [0, 0.05) is 29.6 Å². The van der Waals surface area contributed by atoms with Gasteiger partial charge in [0.25, 0.3) is 5.91 Å². The van der Waals surface area contributed by atoms with Gasteiger partial charge < -0.3 is 20.3 Å². The smallest absolute Gasteiger partial charge is 0.251 e. The number of hydrogen-bond acceptors (Lipinski definition) is 7. The Morgan fingerprint density at radius 1 is 1.26 bits per heavy atom. The first-order chi connectivity index (χ1) is 15.0. The van der Waals surface area contributed by atoms with Crippen LogP contribution in [0.15, 0.2) is 29.6 Å². The molecule has 9 heteroatoms. The van der Waals surface area contributed by atoms with Crippen LogP contribution in [0.3, 0.4) is 0 Å². The van der Waals surface area contributed by atoms with Gasteiger partial charge in [0.15, 0.2) is 5.13 Å². The molecule has 164 valence electrons. The molecule has 2 amide bonds. The first-order valence-corrected chi connectivity index (χ1v) is 11.2. The number of ether oxygens (including phenoxy) is 1. The third-order valence-electron chi connectivity index (χ3n) is 4.89. The number of hydrogen-bond donors (Lipinski definition) is 2. The highest BCUT2D eigenvalue weighted by Gasteiger charge is 2.22. The number of carbonyl (C=O) groups is 2. The van der Waals surface area contributed by atoms with Crippen LogP contribution < -0.4 is 15.5 Å². The number of morpholine rings is 1. The molecule has 1 aromatic carbocycles. The first-order valence-electron chi connectivity index (χ1n) is 10.3. The Bertz CT molecular complexity index is 929. The number of benzene rings is 1. The molecule has 2 heterocycles. The summed E-state index contributed by atoms with van der Waals surface area (Å²) in [5, 5.41) is 17.0. The average Bonchev–Trinajstić information content (AvgIpc) is 3.27. The molecule has 1 atom stereocenters. The van der Waals surface area contributed by atoms with E-state index in [1.54, 1.807) is 23.5 Å². The summed E-state index contributed by atoms with van der Waals surface area (Å²) in [6.45, 7) is 6.97. The summed E-state index contributed by atoms with van der Waals surface area (Å²) < 4.78 is 5.39. The zero-order valence-corrected chi connectivity index (χ0v) is 18.6. The minimum atomic E-state index is -0.685. The van der Waals surface area contributed by atoms with Gasteiger partial charge in [-0.3, -0.25) is 9.59 Å². The summed E-state index contributed by atoms with van der Waals surface area (Å²) in [5.74, 6) is -0.458. The highest BCUT2D eigenvalue weighted by molar-refractivity contribution is 7.14. The Morgan fingerprint density at radius 2 is 1.97 bits per heavy atom. The van der Waals surface area contributed by atoms with Crippen LogP contribution in [0.4, 0.5) is 5.13 Å². The van der Waals surface area contributed by atoms with E-state index < -0.39 is 6.04 Å². The van der Waals surface area contributed by atoms with Gasteiger partial charge in [-0.1, -0.05) is 26.0 Å². The number of nitrogens with zero attached hydrogens (tertiary/aromatic N) is 3. The highest BCUT2D eigenvalue weighted by Crippen LogP contribution is 2.28. The minimum Gasteiger partial charge on any atom is -0.378 e. The molecule has 3 rings (SSSR count). The summed E-state index contributed by atoms with van der Waals surface area (Å²) in [6, 6.07) is 8.38. The van der Waals surface area contributed by atoms with E-state index in [2.05, 4.69) is 15.5 Å². The van der Waals surface area contributed by atoms with Gasteiger partial charge in [0.1, 0.15) is 12.6 Å². The maximum absolute atomic E-state index is 12.7. The lowest BCUT2D eigenvalue weighted by Gasteiger charge is -2.26. The van der Waals surface area contributed by atoms with E-state index in [0.717, 1.165) is 29.5 Å². The van der Waals surface area contributed by atoms with Gasteiger partial charge >= 0.3 is 0 Å². The second-order valence-electron chi connectivity index (χ2n) is 7.72. The van der Waals surface area contributed by atoms with Gasteiger partial charge in [-0.25, -0.2) is 4.98 Å². The normalized spacial score (nSPS) is 14.7. The van der Waals surface area contributed by atoms with Crippen molar-refractivity contribution in [1.82, 2.24) is 15.6 Å². The molecule has 8 nitrogen and oxygen atoms in total. The number of thiazole rings is 1. The molecular formula is C22H27N5O3S. The molecule has 0 bridgehead atoms. The topological polar surface area (TPSA) is 107 Å². The molecule has 31 heavy (non-hydrogen) atoms. The molecule has 0 saturated carbocycles. The number of carbonyl (C=O) groups excluding carboxylic acids is 2. The monoisotopic (exact) mass is 441 g/mol. The summed E-state index contributed by atoms with van der Waals surface area (Å²) in [7, 11) is 0. The number of anilines is 1. The minimum absolute atomic E-state index is 0.0852. The Kier molecular flexibility index (Phi) is 7.98. The van der Waals surface area contributed by atoms with E-state index in [1.165, 1.54) is 0 Å². The van der Waals surface area contributed by atoms with Crippen molar-refractivity contribution in [2.24, 2.45) is 5.92 Å². The fraction of sp³-hybridized carbons (Fsp3) is 0.455. The van der Waals surface area contributed by atoms with Gasteiger partial charge in [-0.05, 0) is 24.5 Å². The molecule has 1 aliphatic heterocycles. The van der Waals surface area contributed by atoms with Crippen LogP contribution in [0.1, 0.15) is 30.6 Å². The molecule has 2 aromatic rings. The van der Waals surface area contributed by atoms with Crippen LogP contribution in [-0.2, 0) is 9.53 Å². The fourth-order valence-corrected chi connectivity index (χ4v) is 4.17. The van der Waals surface area contributed by atoms with Crippen molar-refractivity contribution in [1.29, 1.82) is 5.26 Å². The fourth-order valence-electron chi connectivity index (χ4n) is 3.28. The van der Waals surface area contributed by atoms with Gasteiger partial charge in [0.2, 0.25) is 5.91 Å². The molecule has 1 saturated heterocycles. The predicted molar refractivity (Wildman–Crippen MR) is 120 cm³/mol. The molecular weight excluding hydrogens is 414 g/mol. The molecule has 0 aliphatic carbocycles. The van der Waals surface area contributed by atoms with Crippen LogP contribution in [0.5, 0.6) is 0 Å². The maximum atomic E-state index is 12.7. The van der Waals surface area contributed by atoms with Crippen LogP contribution >= 0.6 is 11.3 Å². The molecule has 1 unspecified atom stereocenters. The summed E-state index contributed by atoms with van der Waals surface area (Å²) in [4.78, 5) is 31.9. The third-order valence-corrected chi connectivity index (χ3v) is 5.79. The first kappa shape index (κ1) is 22.7. The van der Waals surface area contributed by atoms with E-state index in [-0.39, 0.29) is 24.3 Å². The number of aromatic nitrogens is 1. The lowest BCUT2D eigenvalue weighted by Crippen LogP contribution is -2.47. The van der Waals surface area contributed by atoms with Gasteiger partial charge in [-0.15, -0.1) is 11.3 Å². The van der Waals surface area contributed by atoms with Crippen LogP contribution in [0, 0.1) is 17.2 Å². The van der Waals surface area contributed by atoms with Crippen LogP contribution in [0.2, 0.25) is 0 Å². The quantitative estimate of drug-likeness (QED) is 0.609. The Morgan fingerprint density at radius 3 is 2.61 bits per heavy atom. The standard InChI is InChI=1S/C22H27N5O3S/c1-15(2)13-18(21(29)24-8-7-23)25-20(28)17-5-3-16(4-6-17)19-14-31-22(26-19)27-9-11-30-12-10-27/h3-6,14-15,18H,8-13H2,1-2H3,(H,24,29)(H,25,28). The van der Waals surface area contributed by atoms with E-state index >= 15 is 0 Å². The van der Waals surface area contributed by atoms with Crippen LogP contribution in [0.25, 0.3) is 11.3 Å². The zero-order chi connectivity index (χ0) is 22.2. The average molecular weight is 442 g/mol. The van der Waals surface area contributed by atoms with E-state index in [0.29, 0.717) is 25.2 Å². The van der Waals surface area contributed by atoms with Crippen molar-refractivity contribution in [3.8, 4) is 17.3 Å². The van der Waals surface area contributed by atoms with Crippen molar-refractivity contribution in [2.75, 3.05) is 37.7 Å². The summed E-state index contributed by atoms with van der Waals surface area (Å²) in [6.07, 6.45) is 0.490. The van der Waals surface area contributed by atoms with Crippen molar-refractivity contribution in [3.63, 3.8) is 0 Å². The SMILES string of the molecule is CC(C)CC(NC(=O)c1ccc(-c2csc(N3CCOCC3)n2)cc1)C(=O)NCC#N. The second-order valence-corrected chi connectivity index (χ2v) is 8.56. The molecule has 0 radical (unpaired) electrons. The van der Waals surface area contributed by atoms with Gasteiger partial charge in [0.05, 0.1) is 25.0 Å². The molecule has 1 fully saturated rings. The lowest BCUT2D eigenvalue weighted by molar-refractivity contribution is -0.123. The van der Waals surface area contributed by atoms with Crippen molar-refractivity contribution < 1.29 is 14.3 Å². The number of rotatable bonds is 8. The lowest BCUT2D eigenvalue weighted by atomic mass is 10.0. The maximum Gasteiger partial charge on any atom is 0.251 e. The summed E-state index contributed by atoms with van der Waals surface area (Å²) in [5.41, 5.74) is 2.26. The highest BCUT2D eigenvalue weighted by atomic mass is 32.1. The van der Waals surface area contributed by atoms with E-state index in [9.17, 15) is 9.59 Å². The van der Waals surface area contributed by atoms with E-state index in [4.69, 9.17) is 15.0 Å². The number of nitrogens with one attached hydrogen (secondary N) is 2. The Balaban J connectivity index is 1.65. The number of amides is 2. The molecule has 0 spiro atoms.